The maximum absolute atomic E-state index is 12.2. The average molecular weight is 705 g/mol. The van der Waals surface area contributed by atoms with Crippen LogP contribution in [0.2, 0.25) is 0 Å². The van der Waals surface area contributed by atoms with Crippen LogP contribution >= 0.6 is 0 Å². The van der Waals surface area contributed by atoms with E-state index in [1.54, 1.807) is 6.08 Å². The van der Waals surface area contributed by atoms with E-state index in [1.807, 2.05) is 12.2 Å². The van der Waals surface area contributed by atoms with Crippen molar-refractivity contribution >= 4 is 11.9 Å². The number of allylic oxidation sites excluding steroid dienone is 5. The van der Waals surface area contributed by atoms with Crippen LogP contribution in [0.1, 0.15) is 206 Å². The SMILES string of the molecule is CCCCCCCC/C=C/C/C=C/C=C/C(O)CCCC(=O)O[C@@H](CO)COC(=O)CCCCCCCCCCCCCCCCCCCC. The molecule has 0 aromatic heterocycles. The molecule has 0 heterocycles. The molecule has 2 N–H and O–H groups in total. The van der Waals surface area contributed by atoms with Crippen molar-refractivity contribution in [3.8, 4) is 0 Å². The van der Waals surface area contributed by atoms with Gasteiger partial charge in [0.25, 0.3) is 0 Å². The molecule has 0 aromatic rings. The molecular weight excluding hydrogens is 624 g/mol. The Labute approximate surface area is 309 Å². The number of ether oxygens (including phenoxy) is 2. The Kier molecular flexibility index (Phi) is 38.3. The summed E-state index contributed by atoms with van der Waals surface area (Å²) < 4.78 is 10.5. The fraction of sp³-hybridized carbons (Fsp3) is 0.818. The third-order valence-electron chi connectivity index (χ3n) is 9.29. The molecule has 0 fully saturated rings. The van der Waals surface area contributed by atoms with Crippen LogP contribution in [-0.4, -0.2) is 47.6 Å². The van der Waals surface area contributed by atoms with Gasteiger partial charge in [-0.15, -0.1) is 0 Å². The van der Waals surface area contributed by atoms with Gasteiger partial charge in [-0.3, -0.25) is 9.59 Å². The molecule has 0 amide bonds. The van der Waals surface area contributed by atoms with Crippen LogP contribution in [0.25, 0.3) is 0 Å². The van der Waals surface area contributed by atoms with Gasteiger partial charge in [0, 0.05) is 12.8 Å². The molecule has 0 aromatic carbocycles. The normalized spacial score (nSPS) is 13.1. The molecule has 50 heavy (non-hydrogen) atoms. The minimum atomic E-state index is -0.860. The standard InChI is InChI=1S/C44H80O6/c1-3-5-7-9-11-13-15-17-18-19-20-21-23-25-27-29-31-33-37-43(47)49-40-42(39-45)50-44(48)38-34-36-41(46)35-32-30-28-26-24-22-16-14-12-10-8-6-4-2/h22,24,28,30,32,35,41-42,45-46H,3-21,23,25-27,29,31,33-34,36-40H2,1-2H3/b24-22+,30-28+,35-32+/t41?,42-/m0/s1. The topological polar surface area (TPSA) is 93.1 Å². The van der Waals surface area contributed by atoms with Gasteiger partial charge in [0.05, 0.1) is 12.7 Å². The van der Waals surface area contributed by atoms with Crippen molar-refractivity contribution in [2.45, 2.75) is 219 Å². The first-order valence-corrected chi connectivity index (χ1v) is 21.2. The summed E-state index contributed by atoms with van der Waals surface area (Å²) >= 11 is 0. The molecule has 0 bridgehead atoms. The third-order valence-corrected chi connectivity index (χ3v) is 9.29. The van der Waals surface area contributed by atoms with Crippen molar-refractivity contribution in [3.05, 3.63) is 36.5 Å². The number of hydrogen-bond donors (Lipinski definition) is 2. The third kappa shape index (κ3) is 37.3. The molecule has 0 radical (unpaired) electrons. The van der Waals surface area contributed by atoms with Crippen LogP contribution in [0.4, 0.5) is 0 Å². The molecule has 2 atom stereocenters. The number of aliphatic hydroxyl groups excluding tert-OH is 2. The number of rotatable bonds is 38. The zero-order valence-electron chi connectivity index (χ0n) is 32.8. The molecule has 6 nitrogen and oxygen atoms in total. The number of esters is 2. The van der Waals surface area contributed by atoms with Gasteiger partial charge in [-0.25, -0.2) is 0 Å². The maximum atomic E-state index is 12.2. The lowest BCUT2D eigenvalue weighted by atomic mass is 10.0. The van der Waals surface area contributed by atoms with Crippen molar-refractivity contribution in [1.29, 1.82) is 0 Å². The van der Waals surface area contributed by atoms with Crippen LogP contribution in [0.15, 0.2) is 36.5 Å². The van der Waals surface area contributed by atoms with E-state index in [1.165, 1.54) is 135 Å². The summed E-state index contributed by atoms with van der Waals surface area (Å²) in [4.78, 5) is 24.3. The maximum Gasteiger partial charge on any atom is 0.306 e. The Morgan fingerprint density at radius 2 is 1.04 bits per heavy atom. The highest BCUT2D eigenvalue weighted by Gasteiger charge is 2.16. The van der Waals surface area contributed by atoms with Gasteiger partial charge in [0.2, 0.25) is 0 Å². The number of carbonyl (C=O) groups is 2. The Hall–Kier alpha value is -1.92. The number of unbranched alkanes of at least 4 members (excludes halogenated alkanes) is 23. The summed E-state index contributed by atoms with van der Waals surface area (Å²) in [6.45, 7) is 3.99. The molecule has 0 aliphatic carbocycles. The molecule has 6 heteroatoms. The highest BCUT2D eigenvalue weighted by molar-refractivity contribution is 5.70. The second kappa shape index (κ2) is 39.9. The fourth-order valence-corrected chi connectivity index (χ4v) is 6.03. The zero-order valence-corrected chi connectivity index (χ0v) is 32.8. The molecule has 0 spiro atoms. The van der Waals surface area contributed by atoms with E-state index in [4.69, 9.17) is 9.47 Å². The highest BCUT2D eigenvalue weighted by atomic mass is 16.6. The smallest absolute Gasteiger partial charge is 0.306 e. The fourth-order valence-electron chi connectivity index (χ4n) is 6.03. The Bertz CT molecular complexity index is 819. The monoisotopic (exact) mass is 705 g/mol. The first-order chi connectivity index (χ1) is 24.5. The molecule has 0 saturated carbocycles. The molecule has 0 saturated heterocycles. The molecule has 1 unspecified atom stereocenters. The predicted molar refractivity (Wildman–Crippen MR) is 211 cm³/mol. The predicted octanol–water partition coefficient (Wildman–Crippen LogP) is 12.2. The Morgan fingerprint density at radius 3 is 1.56 bits per heavy atom. The van der Waals surface area contributed by atoms with Crippen LogP contribution < -0.4 is 0 Å². The van der Waals surface area contributed by atoms with Crippen LogP contribution in [0.3, 0.4) is 0 Å². The van der Waals surface area contributed by atoms with E-state index < -0.39 is 24.8 Å². The minimum Gasteiger partial charge on any atom is -0.462 e. The summed E-state index contributed by atoms with van der Waals surface area (Å²) in [7, 11) is 0. The number of carbonyl (C=O) groups excluding carboxylic acids is 2. The van der Waals surface area contributed by atoms with Gasteiger partial charge >= 0.3 is 11.9 Å². The van der Waals surface area contributed by atoms with Crippen molar-refractivity contribution in [1.82, 2.24) is 0 Å². The van der Waals surface area contributed by atoms with Crippen LogP contribution in [0, 0.1) is 0 Å². The highest BCUT2D eigenvalue weighted by Crippen LogP contribution is 2.15. The quantitative estimate of drug-likeness (QED) is 0.0288. The second-order valence-electron chi connectivity index (χ2n) is 14.3. The van der Waals surface area contributed by atoms with E-state index in [0.717, 1.165) is 32.1 Å². The van der Waals surface area contributed by atoms with E-state index in [9.17, 15) is 19.8 Å². The van der Waals surface area contributed by atoms with E-state index in [-0.39, 0.29) is 19.0 Å². The largest absolute Gasteiger partial charge is 0.462 e. The average Bonchev–Trinajstić information content (AvgIpc) is 3.11. The number of hydrogen-bond acceptors (Lipinski definition) is 6. The van der Waals surface area contributed by atoms with Gasteiger partial charge < -0.3 is 19.7 Å². The van der Waals surface area contributed by atoms with Gasteiger partial charge in [0.15, 0.2) is 6.10 Å². The van der Waals surface area contributed by atoms with E-state index >= 15 is 0 Å². The molecule has 0 rings (SSSR count). The molecular formula is C44H80O6. The van der Waals surface area contributed by atoms with Crippen LogP contribution in [-0.2, 0) is 19.1 Å². The van der Waals surface area contributed by atoms with Gasteiger partial charge in [-0.1, -0.05) is 192 Å². The minimum absolute atomic E-state index is 0.133. The molecule has 0 aliphatic rings. The summed E-state index contributed by atoms with van der Waals surface area (Å²) in [5.74, 6) is -0.781. The lowest BCUT2D eigenvalue weighted by molar-refractivity contribution is -0.161. The van der Waals surface area contributed by atoms with Crippen molar-refractivity contribution in [2.75, 3.05) is 13.2 Å². The van der Waals surface area contributed by atoms with Gasteiger partial charge in [-0.05, 0) is 38.5 Å². The van der Waals surface area contributed by atoms with E-state index in [2.05, 4.69) is 32.1 Å². The summed E-state index contributed by atoms with van der Waals surface area (Å²) in [5, 5.41) is 19.7. The lowest BCUT2D eigenvalue weighted by Gasteiger charge is -2.16. The Balaban J connectivity index is 3.68. The molecule has 292 valence electrons. The Morgan fingerprint density at radius 1 is 0.560 bits per heavy atom. The van der Waals surface area contributed by atoms with Crippen molar-refractivity contribution < 1.29 is 29.3 Å². The molecule has 0 aliphatic heterocycles. The van der Waals surface area contributed by atoms with Gasteiger partial charge in [0.1, 0.15) is 6.61 Å². The number of aliphatic hydroxyl groups is 2. The van der Waals surface area contributed by atoms with Gasteiger partial charge in [-0.2, -0.15) is 0 Å². The first-order valence-electron chi connectivity index (χ1n) is 21.2. The summed E-state index contributed by atoms with van der Waals surface area (Å²) in [5.41, 5.74) is 0. The lowest BCUT2D eigenvalue weighted by Crippen LogP contribution is -2.28. The first kappa shape index (κ1) is 48.1. The van der Waals surface area contributed by atoms with Crippen molar-refractivity contribution in [3.63, 3.8) is 0 Å². The van der Waals surface area contributed by atoms with Crippen LogP contribution in [0.5, 0.6) is 0 Å². The second-order valence-corrected chi connectivity index (χ2v) is 14.3. The summed E-state index contributed by atoms with van der Waals surface area (Å²) in [6, 6.07) is 0. The van der Waals surface area contributed by atoms with Crippen molar-refractivity contribution in [2.24, 2.45) is 0 Å². The zero-order chi connectivity index (χ0) is 36.6. The summed E-state index contributed by atoms with van der Waals surface area (Å²) in [6.07, 6.45) is 45.3. The van der Waals surface area contributed by atoms with E-state index in [0.29, 0.717) is 19.3 Å².